The molecule has 10 heteroatoms. The zero-order valence-electron chi connectivity index (χ0n) is 14.4. The van der Waals surface area contributed by atoms with Gasteiger partial charge in [-0.05, 0) is 43.0 Å². The molecular formula is C17H20Cl2F3N5. The fourth-order valence-corrected chi connectivity index (χ4v) is 3.59. The fraction of sp³-hybridized carbons (Fsp3) is 0.412. The first-order chi connectivity index (χ1) is 12.0. The molecule has 0 radical (unpaired) electrons. The van der Waals surface area contributed by atoms with E-state index in [0.29, 0.717) is 18.6 Å². The standard InChI is InChI=1S/C17H18F3N5.2ClH/c1-2-21-15-12(17(18,19)20)8-22-16(25-15)23-9-3-4-10-11(7-9)14-6-5-13(10)24-14;;/h3-4,7-8,13-14,24H,2,5-6H2,1H3,(H2,21,22,23,25);2*1H/t13-,14+;;/m0../s1. The molecule has 5 nitrogen and oxygen atoms in total. The summed E-state index contributed by atoms with van der Waals surface area (Å²) in [5.74, 6) is -0.0746. The Morgan fingerprint density at radius 1 is 1.15 bits per heavy atom. The van der Waals surface area contributed by atoms with Crippen molar-refractivity contribution in [3.8, 4) is 0 Å². The number of aromatic nitrogens is 2. The molecule has 1 fully saturated rings. The van der Waals surface area contributed by atoms with Crippen molar-refractivity contribution in [1.82, 2.24) is 15.3 Å². The maximum absolute atomic E-state index is 13.0. The molecule has 1 aromatic carbocycles. The lowest BCUT2D eigenvalue weighted by molar-refractivity contribution is -0.137. The van der Waals surface area contributed by atoms with Crippen molar-refractivity contribution in [3.05, 3.63) is 41.1 Å². The topological polar surface area (TPSA) is 61.9 Å². The molecule has 0 amide bonds. The van der Waals surface area contributed by atoms with Gasteiger partial charge in [0.2, 0.25) is 5.95 Å². The van der Waals surface area contributed by atoms with Crippen molar-refractivity contribution >= 4 is 42.3 Å². The molecule has 3 N–H and O–H groups in total. The number of anilines is 3. The predicted octanol–water partition coefficient (Wildman–Crippen LogP) is 4.99. The van der Waals surface area contributed by atoms with Gasteiger partial charge in [0, 0.05) is 30.5 Å². The molecule has 0 spiro atoms. The van der Waals surface area contributed by atoms with Crippen molar-refractivity contribution in [2.45, 2.75) is 38.0 Å². The second kappa shape index (κ2) is 8.08. The van der Waals surface area contributed by atoms with Crippen LogP contribution in [0.25, 0.3) is 0 Å². The predicted molar refractivity (Wildman–Crippen MR) is 103 cm³/mol. The Morgan fingerprint density at radius 3 is 2.52 bits per heavy atom. The van der Waals surface area contributed by atoms with Gasteiger partial charge < -0.3 is 16.0 Å². The quantitative estimate of drug-likeness (QED) is 0.648. The van der Waals surface area contributed by atoms with E-state index in [0.717, 1.165) is 24.7 Å². The molecular weight excluding hydrogens is 402 g/mol. The van der Waals surface area contributed by atoms with Crippen molar-refractivity contribution in [2.75, 3.05) is 17.2 Å². The maximum Gasteiger partial charge on any atom is 0.421 e. The highest BCUT2D eigenvalue weighted by Crippen LogP contribution is 2.45. The Morgan fingerprint density at radius 2 is 1.85 bits per heavy atom. The SMILES string of the molecule is CCNc1nc(Nc2ccc3c(c2)[C@H]2CC[C@@H]3N2)ncc1C(F)(F)F.Cl.Cl. The van der Waals surface area contributed by atoms with Crippen molar-refractivity contribution < 1.29 is 13.2 Å². The van der Waals surface area contributed by atoms with E-state index in [2.05, 4.69) is 32.0 Å². The van der Waals surface area contributed by atoms with Crippen molar-refractivity contribution in [3.63, 3.8) is 0 Å². The molecule has 27 heavy (non-hydrogen) atoms. The van der Waals surface area contributed by atoms with E-state index in [1.165, 1.54) is 11.1 Å². The monoisotopic (exact) mass is 421 g/mol. The summed E-state index contributed by atoms with van der Waals surface area (Å²) in [6, 6.07) is 6.79. The minimum Gasteiger partial charge on any atom is -0.370 e. The second-order valence-corrected chi connectivity index (χ2v) is 6.30. The van der Waals surface area contributed by atoms with Crippen LogP contribution in [0.2, 0.25) is 0 Å². The highest BCUT2D eigenvalue weighted by atomic mass is 35.5. The van der Waals surface area contributed by atoms with Gasteiger partial charge in [-0.25, -0.2) is 4.98 Å². The van der Waals surface area contributed by atoms with Gasteiger partial charge >= 0.3 is 6.18 Å². The molecule has 2 aliphatic rings. The van der Waals surface area contributed by atoms with Gasteiger partial charge in [-0.2, -0.15) is 18.2 Å². The molecule has 2 aliphatic heterocycles. The third-order valence-corrected chi connectivity index (χ3v) is 4.68. The minimum atomic E-state index is -4.49. The lowest BCUT2D eigenvalue weighted by Crippen LogP contribution is -2.14. The molecule has 1 aromatic heterocycles. The Balaban J connectivity index is 0.00000131. The minimum absolute atomic E-state index is 0. The van der Waals surface area contributed by atoms with Gasteiger partial charge in [0.05, 0.1) is 0 Å². The van der Waals surface area contributed by atoms with E-state index < -0.39 is 11.7 Å². The van der Waals surface area contributed by atoms with Crippen LogP contribution < -0.4 is 16.0 Å². The fourth-order valence-electron chi connectivity index (χ4n) is 3.59. The summed E-state index contributed by atoms with van der Waals surface area (Å²) in [6.45, 7) is 2.06. The number of nitrogens with zero attached hydrogens (tertiary/aromatic N) is 2. The van der Waals surface area contributed by atoms with Crippen molar-refractivity contribution in [2.24, 2.45) is 0 Å². The number of hydrogen-bond acceptors (Lipinski definition) is 5. The molecule has 0 unspecified atom stereocenters. The molecule has 0 aliphatic carbocycles. The normalized spacial score (nSPS) is 19.7. The van der Waals surface area contributed by atoms with Crippen LogP contribution in [0.1, 0.15) is 48.5 Å². The van der Waals surface area contributed by atoms with Gasteiger partial charge in [0.25, 0.3) is 0 Å². The van der Waals surface area contributed by atoms with Gasteiger partial charge in [-0.1, -0.05) is 6.07 Å². The lowest BCUT2D eigenvalue weighted by atomic mass is 9.91. The number of hydrogen-bond donors (Lipinski definition) is 3. The Labute approximate surface area is 167 Å². The molecule has 4 rings (SSSR count). The van der Waals surface area contributed by atoms with Gasteiger partial charge in [0.15, 0.2) is 0 Å². The highest BCUT2D eigenvalue weighted by Gasteiger charge is 2.36. The van der Waals surface area contributed by atoms with Crippen LogP contribution >= 0.6 is 24.8 Å². The van der Waals surface area contributed by atoms with E-state index in [1.807, 2.05) is 12.1 Å². The molecule has 1 saturated heterocycles. The van der Waals surface area contributed by atoms with Crippen LogP contribution in [0.3, 0.4) is 0 Å². The summed E-state index contributed by atoms with van der Waals surface area (Å²) in [7, 11) is 0. The number of alkyl halides is 3. The average Bonchev–Trinajstić information content (AvgIpc) is 3.16. The zero-order chi connectivity index (χ0) is 17.6. The largest absolute Gasteiger partial charge is 0.421 e. The number of halogens is 5. The molecule has 0 saturated carbocycles. The summed E-state index contributed by atoms with van der Waals surface area (Å²) in [6.07, 6.45) is -1.42. The van der Waals surface area contributed by atoms with Gasteiger partial charge in [-0.3, -0.25) is 0 Å². The van der Waals surface area contributed by atoms with E-state index >= 15 is 0 Å². The maximum atomic E-state index is 13.0. The van der Waals surface area contributed by atoms with Crippen LogP contribution in [-0.2, 0) is 6.18 Å². The first-order valence-electron chi connectivity index (χ1n) is 8.30. The Hall–Kier alpha value is -1.77. The van der Waals surface area contributed by atoms with E-state index in [-0.39, 0.29) is 36.6 Å². The van der Waals surface area contributed by atoms with Gasteiger partial charge in [-0.15, -0.1) is 24.8 Å². The Bertz CT molecular complexity index is 816. The number of fused-ring (bicyclic) bond motifs is 5. The van der Waals surface area contributed by atoms with E-state index in [4.69, 9.17) is 0 Å². The second-order valence-electron chi connectivity index (χ2n) is 6.30. The summed E-state index contributed by atoms with van der Waals surface area (Å²) in [5, 5.41) is 9.20. The zero-order valence-corrected chi connectivity index (χ0v) is 16.1. The first kappa shape index (κ1) is 21.5. The summed E-state index contributed by atoms with van der Waals surface area (Å²) in [4.78, 5) is 7.82. The third kappa shape index (κ3) is 4.07. The lowest BCUT2D eigenvalue weighted by Gasteiger charge is -2.16. The smallest absolute Gasteiger partial charge is 0.370 e. The average molecular weight is 422 g/mol. The van der Waals surface area contributed by atoms with Crippen LogP contribution in [-0.4, -0.2) is 16.5 Å². The van der Waals surface area contributed by atoms with E-state index in [9.17, 15) is 13.2 Å². The van der Waals surface area contributed by atoms with E-state index in [1.54, 1.807) is 6.92 Å². The molecule has 2 atom stereocenters. The molecule has 2 aromatic rings. The van der Waals surface area contributed by atoms with Crippen LogP contribution in [0.5, 0.6) is 0 Å². The van der Waals surface area contributed by atoms with Crippen molar-refractivity contribution in [1.29, 1.82) is 0 Å². The third-order valence-electron chi connectivity index (χ3n) is 4.68. The number of benzene rings is 1. The van der Waals surface area contributed by atoms with Crippen LogP contribution in [0.4, 0.5) is 30.6 Å². The highest BCUT2D eigenvalue weighted by molar-refractivity contribution is 5.85. The number of nitrogens with one attached hydrogen (secondary N) is 3. The summed E-state index contributed by atoms with van der Waals surface area (Å²) >= 11 is 0. The Kier molecular flexibility index (Phi) is 6.44. The summed E-state index contributed by atoms with van der Waals surface area (Å²) in [5.41, 5.74) is 2.47. The number of rotatable bonds is 4. The molecule has 148 valence electrons. The van der Waals surface area contributed by atoms with Crippen LogP contribution in [0.15, 0.2) is 24.4 Å². The first-order valence-corrected chi connectivity index (χ1v) is 8.30. The van der Waals surface area contributed by atoms with Gasteiger partial charge in [0.1, 0.15) is 11.4 Å². The molecule has 2 bridgehead atoms. The van der Waals surface area contributed by atoms with Crippen LogP contribution in [0, 0.1) is 0 Å². The molecule has 3 heterocycles. The summed E-state index contributed by atoms with van der Waals surface area (Å²) < 4.78 is 39.1.